The van der Waals surface area contributed by atoms with Gasteiger partial charge in [-0.3, -0.25) is 9.59 Å². The number of aromatic amines is 1. The van der Waals surface area contributed by atoms with Gasteiger partial charge < -0.3 is 19.3 Å². The molecule has 5 rings (SSSR count). The van der Waals surface area contributed by atoms with Gasteiger partial charge in [-0.15, -0.1) is 0 Å². The molecule has 1 saturated carbocycles. The monoisotopic (exact) mass is 369 g/mol. The normalized spacial score (nSPS) is 21.8. The molecular weight excluding hydrogens is 346 g/mol. The summed E-state index contributed by atoms with van der Waals surface area (Å²) in [4.78, 5) is 37.5. The van der Waals surface area contributed by atoms with E-state index in [-0.39, 0.29) is 17.7 Å². The zero-order valence-electron chi connectivity index (χ0n) is 15.2. The van der Waals surface area contributed by atoms with Gasteiger partial charge >= 0.3 is 0 Å². The highest BCUT2D eigenvalue weighted by Gasteiger charge is 2.50. The molecule has 1 spiro atoms. The minimum atomic E-state index is -0.402. The number of fused-ring (bicyclic) bond motifs is 2. The summed E-state index contributed by atoms with van der Waals surface area (Å²) in [7, 11) is 0. The molecule has 0 unspecified atom stereocenters. The predicted molar refractivity (Wildman–Crippen MR) is 94.7 cm³/mol. The van der Waals surface area contributed by atoms with E-state index in [9.17, 15) is 9.59 Å². The number of amides is 2. The Kier molecular flexibility index (Phi) is 3.80. The van der Waals surface area contributed by atoms with Gasteiger partial charge in [-0.25, -0.2) is 4.98 Å². The fourth-order valence-electron chi connectivity index (χ4n) is 4.75. The molecular formula is C19H23N5O3. The number of rotatable bonds is 2. The van der Waals surface area contributed by atoms with Gasteiger partial charge in [0.15, 0.2) is 5.69 Å². The highest BCUT2D eigenvalue weighted by Crippen LogP contribution is 2.44. The molecule has 4 heterocycles. The van der Waals surface area contributed by atoms with Crippen LogP contribution in [0.25, 0.3) is 0 Å². The van der Waals surface area contributed by atoms with E-state index in [0.717, 1.165) is 43.6 Å². The number of imidazole rings is 1. The summed E-state index contributed by atoms with van der Waals surface area (Å²) in [6.07, 6.45) is 8.50. The number of carbonyl (C=O) groups is 2. The Morgan fingerprint density at radius 2 is 2.04 bits per heavy atom. The smallest absolute Gasteiger partial charge is 0.276 e. The Balaban J connectivity index is 1.42. The van der Waals surface area contributed by atoms with Crippen molar-refractivity contribution in [3.8, 4) is 0 Å². The van der Waals surface area contributed by atoms with Crippen molar-refractivity contribution < 1.29 is 14.1 Å². The van der Waals surface area contributed by atoms with E-state index in [0.29, 0.717) is 31.6 Å². The van der Waals surface area contributed by atoms with Crippen LogP contribution in [0.4, 0.5) is 0 Å². The fourth-order valence-corrected chi connectivity index (χ4v) is 4.75. The van der Waals surface area contributed by atoms with E-state index in [1.807, 2.05) is 0 Å². The van der Waals surface area contributed by atoms with Crippen molar-refractivity contribution >= 4 is 11.8 Å². The maximum Gasteiger partial charge on any atom is 0.276 e. The van der Waals surface area contributed by atoms with Gasteiger partial charge in [0.05, 0.1) is 17.6 Å². The van der Waals surface area contributed by atoms with Crippen LogP contribution in [0.5, 0.6) is 0 Å². The number of piperidine rings is 1. The Labute approximate surface area is 156 Å². The molecule has 0 radical (unpaired) electrons. The van der Waals surface area contributed by atoms with Crippen LogP contribution in [0.3, 0.4) is 0 Å². The second-order valence-electron chi connectivity index (χ2n) is 7.81. The highest BCUT2D eigenvalue weighted by atomic mass is 16.5. The number of hydrogen-bond donors (Lipinski definition) is 1. The molecule has 2 aliphatic heterocycles. The molecule has 0 bridgehead atoms. The van der Waals surface area contributed by atoms with E-state index < -0.39 is 5.54 Å². The first-order valence-corrected chi connectivity index (χ1v) is 9.73. The lowest BCUT2D eigenvalue weighted by Crippen LogP contribution is -2.60. The first-order chi connectivity index (χ1) is 13.2. The summed E-state index contributed by atoms with van der Waals surface area (Å²) >= 11 is 0. The zero-order valence-corrected chi connectivity index (χ0v) is 15.2. The van der Waals surface area contributed by atoms with Crippen LogP contribution < -0.4 is 0 Å². The van der Waals surface area contributed by atoms with Crippen LogP contribution in [0.2, 0.25) is 0 Å². The minimum absolute atomic E-state index is 0.117. The predicted octanol–water partition coefficient (Wildman–Crippen LogP) is 1.71. The van der Waals surface area contributed by atoms with E-state index in [1.54, 1.807) is 17.3 Å². The summed E-state index contributed by atoms with van der Waals surface area (Å²) in [5.74, 6) is 0.317. The van der Waals surface area contributed by atoms with Gasteiger partial charge in [0.25, 0.3) is 5.91 Å². The van der Waals surface area contributed by atoms with Crippen LogP contribution in [0.1, 0.15) is 54.0 Å². The van der Waals surface area contributed by atoms with Crippen LogP contribution in [0.15, 0.2) is 23.2 Å². The average Bonchev–Trinajstić information content (AvgIpc) is 3.33. The molecule has 2 fully saturated rings. The summed E-state index contributed by atoms with van der Waals surface area (Å²) in [6, 6.07) is 1.59. The number of H-pyrrole nitrogens is 1. The standard InChI is InChI=1S/C19H23N5O3/c25-17(13-2-1-3-13)24-8-4-14-16(21-12-20-14)19(24)6-9-23(10-7-19)18(26)15-5-11-27-22-15/h5,11-13H,1-4,6-10H2,(H,20,21). The van der Waals surface area contributed by atoms with Gasteiger partial charge in [-0.05, 0) is 25.7 Å². The number of hydrogen-bond acceptors (Lipinski definition) is 5. The maximum atomic E-state index is 13.2. The third-order valence-electron chi connectivity index (χ3n) is 6.52. The SMILES string of the molecule is O=C(c1ccon1)N1CCC2(CC1)c1nc[nH]c1CCN2C(=O)C1CCC1. The minimum Gasteiger partial charge on any atom is -0.364 e. The third-order valence-corrected chi connectivity index (χ3v) is 6.52. The lowest BCUT2D eigenvalue weighted by molar-refractivity contribution is -0.148. The summed E-state index contributed by atoms with van der Waals surface area (Å²) in [6.45, 7) is 1.88. The second kappa shape index (κ2) is 6.21. The topological polar surface area (TPSA) is 95.3 Å². The Bertz CT molecular complexity index is 847. The summed E-state index contributed by atoms with van der Waals surface area (Å²) < 4.78 is 4.80. The van der Waals surface area contributed by atoms with Gasteiger partial charge in [0.1, 0.15) is 6.26 Å². The van der Waals surface area contributed by atoms with Crippen LogP contribution in [-0.2, 0) is 16.8 Å². The number of carbonyl (C=O) groups excluding carboxylic acids is 2. The number of aromatic nitrogens is 3. The second-order valence-corrected chi connectivity index (χ2v) is 7.81. The number of nitrogens with one attached hydrogen (secondary N) is 1. The van der Waals surface area contributed by atoms with Crippen LogP contribution in [-0.4, -0.2) is 56.4 Å². The molecule has 2 amide bonds. The third kappa shape index (κ3) is 2.49. The van der Waals surface area contributed by atoms with E-state index in [4.69, 9.17) is 4.52 Å². The van der Waals surface area contributed by atoms with Crippen molar-refractivity contribution in [3.63, 3.8) is 0 Å². The lowest BCUT2D eigenvalue weighted by atomic mass is 9.76. The number of likely N-dealkylation sites (tertiary alicyclic amines) is 1. The molecule has 1 aliphatic carbocycles. The largest absolute Gasteiger partial charge is 0.364 e. The molecule has 8 nitrogen and oxygen atoms in total. The molecule has 2 aromatic rings. The highest BCUT2D eigenvalue weighted by molar-refractivity contribution is 5.92. The first kappa shape index (κ1) is 16.5. The van der Waals surface area contributed by atoms with Crippen LogP contribution >= 0.6 is 0 Å². The van der Waals surface area contributed by atoms with Gasteiger partial charge in [0, 0.05) is 43.7 Å². The molecule has 2 aromatic heterocycles. The molecule has 0 atom stereocenters. The summed E-state index contributed by atoms with van der Waals surface area (Å²) in [5.41, 5.74) is 2.05. The van der Waals surface area contributed by atoms with Crippen molar-refractivity contribution in [1.82, 2.24) is 24.9 Å². The molecule has 3 aliphatic rings. The lowest BCUT2D eigenvalue weighted by Gasteiger charge is -2.51. The van der Waals surface area contributed by atoms with Crippen molar-refractivity contribution in [2.24, 2.45) is 5.92 Å². The molecule has 1 saturated heterocycles. The molecule has 0 aromatic carbocycles. The first-order valence-electron chi connectivity index (χ1n) is 9.73. The fraction of sp³-hybridized carbons (Fsp3) is 0.579. The molecule has 8 heteroatoms. The van der Waals surface area contributed by atoms with E-state index >= 15 is 0 Å². The zero-order chi connectivity index (χ0) is 18.4. The van der Waals surface area contributed by atoms with Gasteiger partial charge in [0.2, 0.25) is 5.91 Å². The van der Waals surface area contributed by atoms with Crippen molar-refractivity contribution in [1.29, 1.82) is 0 Å². The number of nitrogens with zero attached hydrogens (tertiary/aromatic N) is 4. The van der Waals surface area contributed by atoms with E-state index in [2.05, 4.69) is 20.0 Å². The van der Waals surface area contributed by atoms with Crippen molar-refractivity contribution in [2.75, 3.05) is 19.6 Å². The molecule has 27 heavy (non-hydrogen) atoms. The van der Waals surface area contributed by atoms with Crippen molar-refractivity contribution in [3.05, 3.63) is 35.7 Å². The Hall–Kier alpha value is -2.64. The van der Waals surface area contributed by atoms with E-state index in [1.165, 1.54) is 6.26 Å². The average molecular weight is 369 g/mol. The van der Waals surface area contributed by atoms with Gasteiger partial charge in [-0.2, -0.15) is 0 Å². The van der Waals surface area contributed by atoms with Crippen LogP contribution in [0, 0.1) is 5.92 Å². The molecule has 142 valence electrons. The van der Waals surface area contributed by atoms with Gasteiger partial charge in [-0.1, -0.05) is 11.6 Å². The Morgan fingerprint density at radius 1 is 1.22 bits per heavy atom. The Morgan fingerprint density at radius 3 is 2.70 bits per heavy atom. The quantitative estimate of drug-likeness (QED) is 0.870. The summed E-state index contributed by atoms with van der Waals surface area (Å²) in [5, 5.41) is 3.76. The van der Waals surface area contributed by atoms with Crippen molar-refractivity contribution in [2.45, 2.75) is 44.1 Å². The maximum absolute atomic E-state index is 13.2. The molecule has 1 N–H and O–H groups in total.